The van der Waals surface area contributed by atoms with Crippen molar-refractivity contribution in [2.75, 3.05) is 12.8 Å². The normalized spacial score (nSPS) is 15.8. The average Bonchev–Trinajstić information content (AvgIpc) is 3.21. The van der Waals surface area contributed by atoms with Gasteiger partial charge in [-0.05, 0) is 50.2 Å². The van der Waals surface area contributed by atoms with Crippen molar-refractivity contribution in [3.05, 3.63) is 59.9 Å². The predicted octanol–water partition coefficient (Wildman–Crippen LogP) is 4.05. The van der Waals surface area contributed by atoms with E-state index in [1.54, 1.807) is 31.4 Å². The summed E-state index contributed by atoms with van der Waals surface area (Å²) < 4.78 is 11.0. The minimum absolute atomic E-state index is 0.249. The smallest absolute Gasteiger partial charge is 0.310 e. The van der Waals surface area contributed by atoms with Gasteiger partial charge in [0.1, 0.15) is 11.3 Å². The molecule has 0 fully saturated rings. The molecule has 1 amide bonds. The molecule has 0 aliphatic carbocycles. The first-order valence-corrected chi connectivity index (χ1v) is 8.73. The number of benzene rings is 2. The number of carbonyl (C=O) groups is 1. The second-order valence-corrected chi connectivity index (χ2v) is 7.29. The first-order chi connectivity index (χ1) is 12.9. The van der Waals surface area contributed by atoms with Crippen molar-refractivity contribution in [2.24, 2.45) is 5.10 Å². The number of carbonyl (C=O) groups excluding carboxylic acids is 1. The Balaban J connectivity index is 1.69. The molecule has 1 aliphatic heterocycles. The lowest BCUT2D eigenvalue weighted by atomic mass is 9.94. The number of hydrogen-bond donors (Lipinski definition) is 1. The molecule has 6 nitrogen and oxygen atoms in total. The van der Waals surface area contributed by atoms with Gasteiger partial charge in [-0.1, -0.05) is 12.1 Å². The highest BCUT2D eigenvalue weighted by Gasteiger charge is 2.40. The number of hydrogen-bond acceptors (Lipinski definition) is 5. The third kappa shape index (κ3) is 3.03. The Bertz CT molecular complexity index is 1070. The van der Waals surface area contributed by atoms with E-state index in [2.05, 4.69) is 5.10 Å². The molecule has 0 bridgehead atoms. The van der Waals surface area contributed by atoms with Crippen molar-refractivity contribution in [1.29, 1.82) is 0 Å². The summed E-state index contributed by atoms with van der Waals surface area (Å²) in [6.45, 7) is 3.98. The van der Waals surface area contributed by atoms with Crippen LogP contribution in [0.4, 0.5) is 5.69 Å². The van der Waals surface area contributed by atoms with Crippen LogP contribution in [0.2, 0.25) is 0 Å². The van der Waals surface area contributed by atoms with Crippen LogP contribution in [-0.2, 0) is 0 Å². The van der Waals surface area contributed by atoms with E-state index in [4.69, 9.17) is 14.9 Å². The lowest BCUT2D eigenvalue weighted by molar-refractivity contribution is 0.0581. The number of nitrogen functional groups attached to an aromatic ring is 1. The summed E-state index contributed by atoms with van der Waals surface area (Å²) in [6.07, 6.45) is 0.638. The zero-order valence-corrected chi connectivity index (χ0v) is 15.5. The molecule has 4 rings (SSSR count). The van der Waals surface area contributed by atoms with E-state index < -0.39 is 5.54 Å². The number of fused-ring (bicyclic) bond motifs is 1. The maximum Gasteiger partial charge on any atom is 0.310 e. The van der Waals surface area contributed by atoms with Gasteiger partial charge in [0.25, 0.3) is 0 Å². The van der Waals surface area contributed by atoms with Crippen molar-refractivity contribution in [1.82, 2.24) is 5.01 Å². The molecule has 2 N–H and O–H groups in total. The molecule has 2 aromatic carbocycles. The Labute approximate surface area is 157 Å². The van der Waals surface area contributed by atoms with Gasteiger partial charge in [-0.3, -0.25) is 4.79 Å². The summed E-state index contributed by atoms with van der Waals surface area (Å²) >= 11 is 0. The van der Waals surface area contributed by atoms with E-state index >= 15 is 0 Å². The minimum atomic E-state index is -0.465. The molecule has 2 heterocycles. The molecule has 0 radical (unpaired) electrons. The van der Waals surface area contributed by atoms with Crippen molar-refractivity contribution in [2.45, 2.75) is 25.8 Å². The van der Waals surface area contributed by atoms with Crippen LogP contribution in [0.3, 0.4) is 0 Å². The summed E-state index contributed by atoms with van der Waals surface area (Å²) in [5.74, 6) is 0.736. The molecule has 0 unspecified atom stereocenters. The Morgan fingerprint density at radius 1 is 1.22 bits per heavy atom. The highest BCUT2D eigenvalue weighted by Crippen LogP contribution is 2.33. The number of anilines is 1. The number of furan rings is 1. The quantitative estimate of drug-likeness (QED) is 0.712. The van der Waals surface area contributed by atoms with E-state index in [-0.39, 0.29) is 11.7 Å². The van der Waals surface area contributed by atoms with Crippen LogP contribution in [0.5, 0.6) is 5.75 Å². The minimum Gasteiger partial charge on any atom is -0.497 e. The van der Waals surface area contributed by atoms with Crippen LogP contribution in [0.15, 0.2) is 58.0 Å². The lowest BCUT2D eigenvalue weighted by Crippen LogP contribution is -2.40. The first-order valence-electron chi connectivity index (χ1n) is 8.73. The topological polar surface area (TPSA) is 81.1 Å². The molecule has 0 saturated carbocycles. The van der Waals surface area contributed by atoms with Crippen LogP contribution in [0.25, 0.3) is 11.0 Å². The number of methoxy groups -OCH3 is 1. The highest BCUT2D eigenvalue weighted by molar-refractivity contribution is 6.05. The van der Waals surface area contributed by atoms with Crippen LogP contribution >= 0.6 is 0 Å². The van der Waals surface area contributed by atoms with Crippen LogP contribution < -0.4 is 10.5 Å². The third-order valence-electron chi connectivity index (χ3n) is 4.74. The summed E-state index contributed by atoms with van der Waals surface area (Å²) in [7, 11) is 1.63. The maximum absolute atomic E-state index is 13.1. The van der Waals surface area contributed by atoms with E-state index in [0.29, 0.717) is 17.7 Å². The summed E-state index contributed by atoms with van der Waals surface area (Å²) in [4.78, 5) is 13.1. The Hall–Kier alpha value is -3.28. The average molecular weight is 363 g/mol. The largest absolute Gasteiger partial charge is 0.497 e. The molecule has 0 spiro atoms. The second-order valence-electron chi connectivity index (χ2n) is 7.29. The third-order valence-corrected chi connectivity index (χ3v) is 4.74. The van der Waals surface area contributed by atoms with Gasteiger partial charge in [-0.15, -0.1) is 0 Å². The van der Waals surface area contributed by atoms with Gasteiger partial charge in [0.05, 0.1) is 18.4 Å². The van der Waals surface area contributed by atoms with Gasteiger partial charge in [0, 0.05) is 23.1 Å². The van der Waals surface area contributed by atoms with Gasteiger partial charge in [-0.2, -0.15) is 5.10 Å². The van der Waals surface area contributed by atoms with Gasteiger partial charge in [-0.25, -0.2) is 5.01 Å². The number of rotatable bonds is 3. The highest BCUT2D eigenvalue weighted by atomic mass is 16.5. The van der Waals surface area contributed by atoms with Gasteiger partial charge in [0.15, 0.2) is 5.76 Å². The molecule has 0 saturated heterocycles. The monoisotopic (exact) mass is 363 g/mol. The van der Waals surface area contributed by atoms with E-state index in [0.717, 1.165) is 22.4 Å². The van der Waals surface area contributed by atoms with Crippen molar-refractivity contribution in [3.63, 3.8) is 0 Å². The number of amides is 1. The lowest BCUT2D eigenvalue weighted by Gasteiger charge is -2.27. The molecule has 0 atom stereocenters. The summed E-state index contributed by atoms with van der Waals surface area (Å²) in [5.41, 5.74) is 8.38. The number of nitrogens with zero attached hydrogens (tertiary/aromatic N) is 2. The SMILES string of the molecule is COc1cccc(C2=NN(C(=O)c3cc4cc(N)ccc4o3)C(C)(C)C2)c1. The molecule has 1 aromatic heterocycles. The molecule has 3 aromatic rings. The summed E-state index contributed by atoms with van der Waals surface area (Å²) in [6, 6.07) is 14.7. The maximum atomic E-state index is 13.1. The van der Waals surface area contributed by atoms with Gasteiger partial charge >= 0.3 is 5.91 Å². The van der Waals surface area contributed by atoms with Crippen LogP contribution in [0.1, 0.15) is 36.4 Å². The van der Waals surface area contributed by atoms with Crippen molar-refractivity contribution in [3.8, 4) is 5.75 Å². The number of nitrogens with two attached hydrogens (primary N) is 1. The zero-order chi connectivity index (χ0) is 19.2. The van der Waals surface area contributed by atoms with Crippen LogP contribution in [0, 0.1) is 0 Å². The van der Waals surface area contributed by atoms with Crippen LogP contribution in [-0.4, -0.2) is 29.3 Å². The Morgan fingerprint density at radius 2 is 2.04 bits per heavy atom. The van der Waals surface area contributed by atoms with E-state index in [1.165, 1.54) is 5.01 Å². The molecule has 1 aliphatic rings. The Morgan fingerprint density at radius 3 is 2.81 bits per heavy atom. The molecule has 6 heteroatoms. The van der Waals surface area contributed by atoms with Gasteiger partial charge in [0.2, 0.25) is 0 Å². The molecule has 138 valence electrons. The fraction of sp³-hybridized carbons (Fsp3) is 0.238. The fourth-order valence-corrected chi connectivity index (χ4v) is 3.33. The Kier molecular flexibility index (Phi) is 3.91. The predicted molar refractivity (Wildman–Crippen MR) is 105 cm³/mol. The van der Waals surface area contributed by atoms with Gasteiger partial charge < -0.3 is 14.9 Å². The van der Waals surface area contributed by atoms with E-state index in [9.17, 15) is 4.79 Å². The molecular formula is C21H21N3O3. The van der Waals surface area contributed by atoms with E-state index in [1.807, 2.05) is 38.1 Å². The summed E-state index contributed by atoms with van der Waals surface area (Å²) in [5, 5.41) is 6.91. The zero-order valence-electron chi connectivity index (χ0n) is 15.5. The van der Waals surface area contributed by atoms with Crippen molar-refractivity contribution >= 4 is 28.3 Å². The molecular weight excluding hydrogens is 342 g/mol. The standard InChI is InChI=1S/C21H21N3O3/c1-21(2)12-17(13-5-4-6-16(10-13)26-3)23-24(21)20(25)19-11-14-9-15(22)7-8-18(14)27-19/h4-11H,12,22H2,1-3H3. The number of hydrazone groups is 1. The van der Waals surface area contributed by atoms with Crippen molar-refractivity contribution < 1.29 is 13.9 Å². The molecule has 27 heavy (non-hydrogen) atoms. The number of ether oxygens (including phenoxy) is 1. The second kappa shape index (κ2) is 6.16. The fourth-order valence-electron chi connectivity index (χ4n) is 3.33. The first kappa shape index (κ1) is 17.1.